The molecule has 3 aromatic rings. The summed E-state index contributed by atoms with van der Waals surface area (Å²) in [5, 5.41) is 8.41. The van der Waals surface area contributed by atoms with Crippen LogP contribution >= 0.6 is 0 Å². The van der Waals surface area contributed by atoms with Crippen molar-refractivity contribution in [2.45, 2.75) is 31.2 Å². The molecule has 5 heteroatoms. The number of H-pyrrole nitrogens is 1. The Balaban J connectivity index is 1.47. The van der Waals surface area contributed by atoms with Gasteiger partial charge in [0.25, 0.3) is 0 Å². The molecule has 1 amide bonds. The van der Waals surface area contributed by atoms with E-state index >= 15 is 0 Å². The van der Waals surface area contributed by atoms with Crippen LogP contribution in [-0.4, -0.2) is 32.5 Å². The SMILES string of the molecule is O=C(Cc1[nH]nc2ccccc12)N1CC[C@@H]2CC[C@@]21c1cccnc1. The molecule has 1 aliphatic heterocycles. The van der Waals surface area contributed by atoms with Crippen LogP contribution in [0.15, 0.2) is 48.8 Å². The second-order valence-electron chi connectivity index (χ2n) is 7.13. The Morgan fingerprint density at radius 2 is 2.16 bits per heavy atom. The fourth-order valence-electron chi connectivity index (χ4n) is 4.74. The van der Waals surface area contributed by atoms with Gasteiger partial charge in [-0.25, -0.2) is 0 Å². The quantitative estimate of drug-likeness (QED) is 0.802. The number of aromatic amines is 1. The molecule has 126 valence electrons. The smallest absolute Gasteiger partial charge is 0.229 e. The van der Waals surface area contributed by atoms with Gasteiger partial charge in [-0.15, -0.1) is 0 Å². The molecule has 5 rings (SSSR count). The third-order valence-corrected chi connectivity index (χ3v) is 6.06. The van der Waals surface area contributed by atoms with Crippen molar-refractivity contribution < 1.29 is 4.79 Å². The highest BCUT2D eigenvalue weighted by Crippen LogP contribution is 2.56. The molecule has 0 unspecified atom stereocenters. The van der Waals surface area contributed by atoms with Gasteiger partial charge in [-0.05, 0) is 42.9 Å². The summed E-state index contributed by atoms with van der Waals surface area (Å²) < 4.78 is 0. The number of para-hydroxylation sites is 1. The summed E-state index contributed by atoms with van der Waals surface area (Å²) in [5.41, 5.74) is 2.87. The topological polar surface area (TPSA) is 61.9 Å². The average Bonchev–Trinajstić information content (AvgIpc) is 3.15. The Morgan fingerprint density at radius 1 is 1.24 bits per heavy atom. The van der Waals surface area contributed by atoms with E-state index in [9.17, 15) is 4.79 Å². The molecule has 2 fully saturated rings. The number of fused-ring (bicyclic) bond motifs is 2. The van der Waals surface area contributed by atoms with Crippen molar-refractivity contribution >= 4 is 16.8 Å². The maximum atomic E-state index is 13.2. The lowest BCUT2D eigenvalue weighted by molar-refractivity contribution is -0.139. The minimum absolute atomic E-state index is 0.138. The molecule has 1 aliphatic carbocycles. The van der Waals surface area contributed by atoms with Gasteiger partial charge in [-0.3, -0.25) is 14.9 Å². The van der Waals surface area contributed by atoms with Crippen LogP contribution in [0.5, 0.6) is 0 Å². The van der Waals surface area contributed by atoms with Crippen LogP contribution in [0.4, 0.5) is 0 Å². The fraction of sp³-hybridized carbons (Fsp3) is 0.350. The monoisotopic (exact) mass is 332 g/mol. The first-order chi connectivity index (χ1) is 12.3. The molecule has 0 radical (unpaired) electrons. The van der Waals surface area contributed by atoms with E-state index in [1.165, 1.54) is 12.0 Å². The molecule has 1 saturated carbocycles. The molecular formula is C20H20N4O. The first kappa shape index (κ1) is 14.6. The highest BCUT2D eigenvalue weighted by Gasteiger charge is 2.57. The molecule has 2 aromatic heterocycles. The van der Waals surface area contributed by atoms with Gasteiger partial charge in [0.2, 0.25) is 5.91 Å². The molecular weight excluding hydrogens is 312 g/mol. The second-order valence-corrected chi connectivity index (χ2v) is 7.13. The van der Waals surface area contributed by atoms with Crippen LogP contribution in [0.2, 0.25) is 0 Å². The van der Waals surface area contributed by atoms with E-state index in [1.807, 2.05) is 36.5 Å². The Kier molecular flexibility index (Phi) is 3.17. The van der Waals surface area contributed by atoms with E-state index in [2.05, 4.69) is 26.1 Å². The number of nitrogens with one attached hydrogen (secondary N) is 1. The summed E-state index contributed by atoms with van der Waals surface area (Å²) in [4.78, 5) is 19.6. The van der Waals surface area contributed by atoms with Gasteiger partial charge in [-0.1, -0.05) is 24.3 Å². The zero-order chi connectivity index (χ0) is 16.9. The summed E-state index contributed by atoms with van der Waals surface area (Å²) in [6.07, 6.45) is 7.43. The maximum Gasteiger partial charge on any atom is 0.229 e. The zero-order valence-electron chi connectivity index (χ0n) is 14.0. The van der Waals surface area contributed by atoms with Gasteiger partial charge in [0.05, 0.1) is 23.2 Å². The number of likely N-dealkylation sites (tertiary alicyclic amines) is 1. The highest BCUT2D eigenvalue weighted by molar-refractivity contribution is 5.88. The maximum absolute atomic E-state index is 13.2. The number of carbonyl (C=O) groups excluding carboxylic acids is 1. The predicted octanol–water partition coefficient (Wildman–Crippen LogP) is 3.04. The number of amides is 1. The minimum Gasteiger partial charge on any atom is -0.332 e. The summed E-state index contributed by atoms with van der Waals surface area (Å²) in [6, 6.07) is 12.0. The van der Waals surface area contributed by atoms with Gasteiger partial charge >= 0.3 is 0 Å². The summed E-state index contributed by atoms with van der Waals surface area (Å²) in [6.45, 7) is 0.838. The van der Waals surface area contributed by atoms with E-state index in [4.69, 9.17) is 0 Å². The molecule has 1 aromatic carbocycles. The van der Waals surface area contributed by atoms with Crippen LogP contribution in [0.25, 0.3) is 10.9 Å². The van der Waals surface area contributed by atoms with E-state index in [1.54, 1.807) is 6.20 Å². The lowest BCUT2D eigenvalue weighted by atomic mass is 9.64. The molecule has 0 bridgehead atoms. The van der Waals surface area contributed by atoms with Crippen molar-refractivity contribution in [3.8, 4) is 0 Å². The number of benzene rings is 1. The first-order valence-corrected chi connectivity index (χ1v) is 8.92. The third-order valence-electron chi connectivity index (χ3n) is 6.06. The number of hydrogen-bond donors (Lipinski definition) is 1. The highest BCUT2D eigenvalue weighted by atomic mass is 16.2. The Hall–Kier alpha value is -2.69. The standard InChI is InChI=1S/C20H20N4O/c25-19(12-18-16-5-1-2-6-17(16)22-23-18)24-11-8-14-7-9-20(14,24)15-4-3-10-21-13-15/h1-6,10,13-14H,7-9,11-12H2,(H,22,23)/t14-,20-/m0/s1. The number of aromatic nitrogens is 3. The normalized spacial score (nSPS) is 25.0. The first-order valence-electron chi connectivity index (χ1n) is 8.92. The second kappa shape index (κ2) is 5.41. The molecule has 5 nitrogen and oxygen atoms in total. The molecule has 3 heterocycles. The van der Waals surface area contributed by atoms with Crippen LogP contribution in [0.3, 0.4) is 0 Å². The van der Waals surface area contributed by atoms with E-state index < -0.39 is 0 Å². The number of pyridine rings is 1. The van der Waals surface area contributed by atoms with Crippen molar-refractivity contribution in [1.82, 2.24) is 20.1 Å². The summed E-state index contributed by atoms with van der Waals surface area (Å²) in [7, 11) is 0. The van der Waals surface area contributed by atoms with Crippen molar-refractivity contribution in [1.29, 1.82) is 0 Å². The molecule has 0 spiro atoms. The Morgan fingerprint density at radius 3 is 2.96 bits per heavy atom. The summed E-state index contributed by atoms with van der Waals surface area (Å²) in [5.74, 6) is 0.750. The van der Waals surface area contributed by atoms with Crippen LogP contribution in [-0.2, 0) is 16.8 Å². The number of rotatable bonds is 3. The van der Waals surface area contributed by atoms with Gasteiger partial charge in [0.1, 0.15) is 0 Å². The molecule has 2 aliphatic rings. The molecule has 2 atom stereocenters. The van der Waals surface area contributed by atoms with Crippen LogP contribution in [0, 0.1) is 5.92 Å². The van der Waals surface area contributed by atoms with Gasteiger partial charge in [-0.2, -0.15) is 5.10 Å². The Labute approximate surface area is 146 Å². The zero-order valence-corrected chi connectivity index (χ0v) is 14.0. The number of nitrogens with zero attached hydrogens (tertiary/aromatic N) is 3. The predicted molar refractivity (Wildman–Crippen MR) is 94.8 cm³/mol. The molecule has 1 saturated heterocycles. The lowest BCUT2D eigenvalue weighted by Gasteiger charge is -2.50. The lowest BCUT2D eigenvalue weighted by Crippen LogP contribution is -2.54. The van der Waals surface area contributed by atoms with Gasteiger partial charge in [0, 0.05) is 24.3 Å². The van der Waals surface area contributed by atoms with Crippen molar-refractivity contribution in [3.05, 3.63) is 60.0 Å². The van der Waals surface area contributed by atoms with E-state index in [0.717, 1.165) is 36.0 Å². The van der Waals surface area contributed by atoms with E-state index in [-0.39, 0.29) is 11.4 Å². The van der Waals surface area contributed by atoms with E-state index in [0.29, 0.717) is 12.3 Å². The van der Waals surface area contributed by atoms with Crippen LogP contribution in [0.1, 0.15) is 30.5 Å². The number of hydrogen-bond acceptors (Lipinski definition) is 3. The largest absolute Gasteiger partial charge is 0.332 e. The van der Waals surface area contributed by atoms with Crippen molar-refractivity contribution in [3.63, 3.8) is 0 Å². The minimum atomic E-state index is -0.138. The molecule has 1 N–H and O–H groups in total. The Bertz CT molecular complexity index is 935. The third kappa shape index (κ3) is 2.05. The molecule has 25 heavy (non-hydrogen) atoms. The van der Waals surface area contributed by atoms with Crippen LogP contribution < -0.4 is 0 Å². The van der Waals surface area contributed by atoms with Gasteiger partial charge < -0.3 is 4.90 Å². The van der Waals surface area contributed by atoms with Crippen molar-refractivity contribution in [2.75, 3.05) is 6.54 Å². The van der Waals surface area contributed by atoms with Crippen molar-refractivity contribution in [2.24, 2.45) is 5.92 Å². The fourth-order valence-corrected chi connectivity index (χ4v) is 4.74. The van der Waals surface area contributed by atoms with Gasteiger partial charge in [0.15, 0.2) is 0 Å². The average molecular weight is 332 g/mol. The number of carbonyl (C=O) groups is 1. The summed E-state index contributed by atoms with van der Waals surface area (Å²) >= 11 is 0.